The Hall–Kier alpha value is -0.300. The zero-order valence-electron chi connectivity index (χ0n) is 9.47. The lowest BCUT2D eigenvalue weighted by Crippen LogP contribution is -2.23. The highest BCUT2D eigenvalue weighted by atomic mass is 14.9. The number of rotatable bonds is 8. The molecular formula is C12H25N. The molecule has 0 aromatic carbocycles. The van der Waals surface area contributed by atoms with Gasteiger partial charge in [0.25, 0.3) is 0 Å². The van der Waals surface area contributed by atoms with E-state index in [0.29, 0.717) is 6.04 Å². The summed E-state index contributed by atoms with van der Waals surface area (Å²) in [5.41, 5.74) is 0. The highest BCUT2D eigenvalue weighted by Crippen LogP contribution is 1.99. The van der Waals surface area contributed by atoms with Gasteiger partial charge >= 0.3 is 0 Å². The van der Waals surface area contributed by atoms with Crippen LogP contribution in [-0.2, 0) is 0 Å². The molecule has 0 unspecified atom stereocenters. The second-order valence-corrected chi connectivity index (χ2v) is 3.86. The van der Waals surface area contributed by atoms with Gasteiger partial charge in [0.2, 0.25) is 0 Å². The number of hydrogen-bond donors (Lipinski definition) is 1. The summed E-state index contributed by atoms with van der Waals surface area (Å²) in [4.78, 5) is 0. The molecule has 0 aromatic rings. The van der Waals surface area contributed by atoms with Crippen LogP contribution in [0.5, 0.6) is 0 Å². The van der Waals surface area contributed by atoms with Gasteiger partial charge in [-0.15, -0.1) is 0 Å². The van der Waals surface area contributed by atoms with E-state index in [4.69, 9.17) is 0 Å². The topological polar surface area (TPSA) is 12.0 Å². The summed E-state index contributed by atoms with van der Waals surface area (Å²) in [7, 11) is 0. The van der Waals surface area contributed by atoms with Gasteiger partial charge in [-0.25, -0.2) is 0 Å². The Morgan fingerprint density at radius 1 is 1.08 bits per heavy atom. The van der Waals surface area contributed by atoms with Crippen molar-refractivity contribution in [1.82, 2.24) is 5.32 Å². The van der Waals surface area contributed by atoms with E-state index >= 15 is 0 Å². The molecule has 0 saturated carbocycles. The van der Waals surface area contributed by atoms with E-state index in [9.17, 15) is 0 Å². The number of unbranched alkanes of at least 4 members (excludes halogenated alkanes) is 3. The lowest BCUT2D eigenvalue weighted by atomic mass is 10.2. The van der Waals surface area contributed by atoms with E-state index in [1.165, 1.54) is 32.1 Å². The molecule has 0 atom stereocenters. The second kappa shape index (κ2) is 9.79. The first-order valence-corrected chi connectivity index (χ1v) is 5.65. The largest absolute Gasteiger partial charge is 0.314 e. The lowest BCUT2D eigenvalue weighted by molar-refractivity contribution is 0.594. The predicted molar refractivity (Wildman–Crippen MR) is 61.0 cm³/mol. The molecule has 0 spiro atoms. The van der Waals surface area contributed by atoms with E-state index in [-0.39, 0.29) is 0 Å². The molecule has 1 nitrogen and oxygen atoms in total. The van der Waals surface area contributed by atoms with E-state index < -0.39 is 0 Å². The summed E-state index contributed by atoms with van der Waals surface area (Å²) in [5.74, 6) is 0. The fourth-order valence-electron chi connectivity index (χ4n) is 1.20. The Morgan fingerprint density at radius 3 is 2.38 bits per heavy atom. The second-order valence-electron chi connectivity index (χ2n) is 3.86. The maximum Gasteiger partial charge on any atom is 0.00105 e. The number of nitrogens with one attached hydrogen (secondary N) is 1. The van der Waals surface area contributed by atoms with Gasteiger partial charge in [-0.05, 0) is 25.8 Å². The van der Waals surface area contributed by atoms with Crippen molar-refractivity contribution in [3.05, 3.63) is 12.2 Å². The fourth-order valence-corrected chi connectivity index (χ4v) is 1.20. The Morgan fingerprint density at radius 2 is 1.77 bits per heavy atom. The summed E-state index contributed by atoms with van der Waals surface area (Å²) < 4.78 is 0. The molecule has 0 heterocycles. The summed E-state index contributed by atoms with van der Waals surface area (Å²) in [5, 5.41) is 3.40. The molecular weight excluding hydrogens is 158 g/mol. The third-order valence-corrected chi connectivity index (χ3v) is 2.00. The van der Waals surface area contributed by atoms with Crippen LogP contribution in [0.25, 0.3) is 0 Å². The van der Waals surface area contributed by atoms with Crippen LogP contribution >= 0.6 is 0 Å². The first-order valence-electron chi connectivity index (χ1n) is 5.65. The van der Waals surface area contributed by atoms with Crippen molar-refractivity contribution >= 4 is 0 Å². The van der Waals surface area contributed by atoms with Crippen LogP contribution in [0.4, 0.5) is 0 Å². The van der Waals surface area contributed by atoms with Crippen molar-refractivity contribution < 1.29 is 0 Å². The molecule has 0 fully saturated rings. The van der Waals surface area contributed by atoms with Crippen LogP contribution in [-0.4, -0.2) is 12.6 Å². The van der Waals surface area contributed by atoms with Gasteiger partial charge in [-0.1, -0.05) is 45.8 Å². The maximum absolute atomic E-state index is 3.40. The number of allylic oxidation sites excluding steroid dienone is 1. The minimum atomic E-state index is 0.619. The molecule has 0 aliphatic rings. The Bertz CT molecular complexity index is 116. The van der Waals surface area contributed by atoms with E-state index in [2.05, 4.69) is 38.2 Å². The van der Waals surface area contributed by atoms with Crippen LogP contribution in [0.2, 0.25) is 0 Å². The lowest BCUT2D eigenvalue weighted by Gasteiger charge is -2.04. The van der Waals surface area contributed by atoms with Gasteiger partial charge in [0.15, 0.2) is 0 Å². The summed E-state index contributed by atoms with van der Waals surface area (Å²) in [6.07, 6.45) is 11.1. The number of hydrogen-bond acceptors (Lipinski definition) is 1. The molecule has 0 saturated heterocycles. The molecule has 1 heteroatoms. The third kappa shape index (κ3) is 11.7. The highest BCUT2D eigenvalue weighted by Gasteiger charge is 1.88. The molecule has 1 N–H and O–H groups in total. The van der Waals surface area contributed by atoms with Gasteiger partial charge in [0.1, 0.15) is 0 Å². The smallest absolute Gasteiger partial charge is 0.00105 e. The summed E-state index contributed by atoms with van der Waals surface area (Å²) >= 11 is 0. The third-order valence-electron chi connectivity index (χ3n) is 2.00. The van der Waals surface area contributed by atoms with Crippen LogP contribution < -0.4 is 5.32 Å². The van der Waals surface area contributed by atoms with E-state index in [0.717, 1.165) is 6.54 Å². The first kappa shape index (κ1) is 12.7. The highest BCUT2D eigenvalue weighted by molar-refractivity contribution is 4.82. The van der Waals surface area contributed by atoms with Gasteiger partial charge in [0, 0.05) is 6.04 Å². The standard InChI is InChI=1S/C12H25N/c1-4-5-6-7-8-9-10-11-13-12(2)3/h8-9,12-13H,4-7,10-11H2,1-3H3. The van der Waals surface area contributed by atoms with E-state index in [1.54, 1.807) is 0 Å². The van der Waals surface area contributed by atoms with Crippen molar-refractivity contribution in [1.29, 1.82) is 0 Å². The molecule has 78 valence electrons. The Balaban J connectivity index is 3.03. The SMILES string of the molecule is CCCCCC=CCCNC(C)C. The predicted octanol–water partition coefficient (Wildman–Crippen LogP) is 3.51. The van der Waals surface area contributed by atoms with Crippen LogP contribution in [0.1, 0.15) is 52.9 Å². The summed E-state index contributed by atoms with van der Waals surface area (Å²) in [6.45, 7) is 7.73. The zero-order chi connectivity index (χ0) is 9.94. The molecule has 0 rings (SSSR count). The molecule has 13 heavy (non-hydrogen) atoms. The van der Waals surface area contributed by atoms with Gasteiger partial charge in [-0.2, -0.15) is 0 Å². The van der Waals surface area contributed by atoms with Gasteiger partial charge < -0.3 is 5.32 Å². The minimum absolute atomic E-state index is 0.619. The Kier molecular flexibility index (Phi) is 9.56. The fraction of sp³-hybridized carbons (Fsp3) is 0.833. The van der Waals surface area contributed by atoms with Gasteiger partial charge in [-0.3, -0.25) is 0 Å². The maximum atomic E-state index is 3.40. The van der Waals surface area contributed by atoms with E-state index in [1.807, 2.05) is 0 Å². The minimum Gasteiger partial charge on any atom is -0.314 e. The molecule has 0 aliphatic carbocycles. The first-order chi connectivity index (χ1) is 6.27. The van der Waals surface area contributed by atoms with Crippen LogP contribution in [0.15, 0.2) is 12.2 Å². The average Bonchev–Trinajstić information content (AvgIpc) is 2.09. The van der Waals surface area contributed by atoms with Crippen molar-refractivity contribution in [3.8, 4) is 0 Å². The molecule has 0 amide bonds. The molecule has 0 bridgehead atoms. The monoisotopic (exact) mass is 183 g/mol. The van der Waals surface area contributed by atoms with Crippen molar-refractivity contribution in [2.75, 3.05) is 6.54 Å². The normalized spacial score (nSPS) is 11.7. The van der Waals surface area contributed by atoms with Gasteiger partial charge in [0.05, 0.1) is 0 Å². The van der Waals surface area contributed by atoms with Crippen LogP contribution in [0, 0.1) is 0 Å². The summed E-state index contributed by atoms with van der Waals surface area (Å²) in [6, 6.07) is 0.619. The molecule has 0 aliphatic heterocycles. The van der Waals surface area contributed by atoms with Crippen molar-refractivity contribution in [2.24, 2.45) is 0 Å². The quantitative estimate of drug-likeness (QED) is 0.448. The van der Waals surface area contributed by atoms with Crippen LogP contribution in [0.3, 0.4) is 0 Å². The average molecular weight is 183 g/mol. The zero-order valence-corrected chi connectivity index (χ0v) is 9.47. The van der Waals surface area contributed by atoms with Crippen molar-refractivity contribution in [2.45, 2.75) is 58.9 Å². The molecule has 0 radical (unpaired) electrons. The van der Waals surface area contributed by atoms with Crippen molar-refractivity contribution in [3.63, 3.8) is 0 Å². The molecule has 0 aromatic heterocycles. The Labute approximate surface area is 83.6 Å².